The molecule has 0 aliphatic carbocycles. The molecular formula is C9H10INO2. The van der Waals surface area contributed by atoms with Crippen LogP contribution in [0.4, 0.5) is 0 Å². The number of nitrogens with zero attached hydrogens (tertiary/aromatic N) is 1. The molecule has 3 nitrogen and oxygen atoms in total. The molecule has 0 aliphatic heterocycles. The van der Waals surface area contributed by atoms with Crippen molar-refractivity contribution in [2.45, 2.75) is 0 Å². The number of amides is 1. The first-order valence-corrected chi connectivity index (χ1v) is 4.82. The number of carbonyl (C=O) groups is 1. The number of furan rings is 1. The van der Waals surface area contributed by atoms with Gasteiger partial charge in [-0.2, -0.15) is 0 Å². The van der Waals surface area contributed by atoms with E-state index in [0.29, 0.717) is 5.76 Å². The van der Waals surface area contributed by atoms with E-state index in [1.165, 1.54) is 11.0 Å². The quantitative estimate of drug-likeness (QED) is 0.616. The van der Waals surface area contributed by atoms with Crippen molar-refractivity contribution in [2.75, 3.05) is 14.1 Å². The summed E-state index contributed by atoms with van der Waals surface area (Å²) in [6.45, 7) is 0. The molecule has 4 heteroatoms. The maximum absolute atomic E-state index is 11.1. The predicted molar refractivity (Wildman–Crippen MR) is 59.2 cm³/mol. The van der Waals surface area contributed by atoms with Crippen molar-refractivity contribution in [3.05, 3.63) is 27.7 Å². The van der Waals surface area contributed by atoms with Gasteiger partial charge in [0.25, 0.3) is 0 Å². The second kappa shape index (κ2) is 4.45. The molecular weight excluding hydrogens is 281 g/mol. The Morgan fingerprint density at radius 2 is 2.23 bits per heavy atom. The molecule has 70 valence electrons. The van der Waals surface area contributed by atoms with Crippen LogP contribution in [0.3, 0.4) is 0 Å². The molecule has 0 bridgehead atoms. The highest BCUT2D eigenvalue weighted by atomic mass is 127. The number of hydrogen-bond donors (Lipinski definition) is 0. The van der Waals surface area contributed by atoms with E-state index >= 15 is 0 Å². The predicted octanol–water partition coefficient (Wildman–Crippen LogP) is 1.99. The Bertz CT molecular complexity index is 328. The molecule has 0 saturated heterocycles. The summed E-state index contributed by atoms with van der Waals surface area (Å²) in [5.74, 6) is 0.644. The molecule has 1 aromatic rings. The van der Waals surface area contributed by atoms with Gasteiger partial charge in [0.05, 0.1) is 0 Å². The van der Waals surface area contributed by atoms with Gasteiger partial charge >= 0.3 is 0 Å². The molecule has 0 fully saturated rings. The van der Waals surface area contributed by atoms with Crippen LogP contribution in [0.15, 0.2) is 22.6 Å². The minimum absolute atomic E-state index is 0.0496. The minimum Gasteiger partial charge on any atom is -0.451 e. The van der Waals surface area contributed by atoms with Crippen LogP contribution in [0.25, 0.3) is 6.08 Å². The monoisotopic (exact) mass is 291 g/mol. The first-order chi connectivity index (χ1) is 6.09. The molecule has 1 heterocycles. The van der Waals surface area contributed by atoms with Crippen molar-refractivity contribution >= 4 is 34.6 Å². The molecule has 1 amide bonds. The van der Waals surface area contributed by atoms with Gasteiger partial charge in [0.1, 0.15) is 5.76 Å². The normalized spacial score (nSPS) is 10.7. The van der Waals surface area contributed by atoms with Gasteiger partial charge < -0.3 is 9.32 Å². The highest BCUT2D eigenvalue weighted by molar-refractivity contribution is 14.1. The van der Waals surface area contributed by atoms with E-state index in [1.807, 2.05) is 12.1 Å². The lowest BCUT2D eigenvalue weighted by Crippen LogP contribution is -2.18. The van der Waals surface area contributed by atoms with Crippen molar-refractivity contribution in [2.24, 2.45) is 0 Å². The summed E-state index contributed by atoms with van der Waals surface area (Å²) in [5, 5.41) is 0. The Kier molecular flexibility index (Phi) is 3.53. The average molecular weight is 291 g/mol. The van der Waals surface area contributed by atoms with Crippen LogP contribution in [-0.4, -0.2) is 24.9 Å². The first-order valence-electron chi connectivity index (χ1n) is 3.74. The van der Waals surface area contributed by atoms with Gasteiger partial charge in [0.2, 0.25) is 5.91 Å². The minimum atomic E-state index is -0.0496. The summed E-state index contributed by atoms with van der Waals surface area (Å²) in [5.41, 5.74) is 0. The molecule has 0 aliphatic rings. The van der Waals surface area contributed by atoms with Crippen molar-refractivity contribution in [1.82, 2.24) is 4.90 Å². The Hall–Kier alpha value is -0.780. The molecule has 0 aromatic carbocycles. The zero-order valence-corrected chi connectivity index (χ0v) is 9.61. The smallest absolute Gasteiger partial charge is 0.246 e. The summed E-state index contributed by atoms with van der Waals surface area (Å²) < 4.78 is 6.06. The standard InChI is InChI=1S/C9H10INO2/c1-11(2)9(12)6-4-7-3-5-8(10)13-7/h3-6H,1-2H3/b6-4+. The van der Waals surface area contributed by atoms with Crippen molar-refractivity contribution in [3.63, 3.8) is 0 Å². The zero-order valence-electron chi connectivity index (χ0n) is 7.45. The van der Waals surface area contributed by atoms with E-state index in [9.17, 15) is 4.79 Å². The van der Waals surface area contributed by atoms with E-state index in [1.54, 1.807) is 20.2 Å². The maximum atomic E-state index is 11.1. The van der Waals surface area contributed by atoms with E-state index in [-0.39, 0.29) is 5.91 Å². The molecule has 0 spiro atoms. The topological polar surface area (TPSA) is 33.5 Å². The molecule has 13 heavy (non-hydrogen) atoms. The Labute approximate surface area is 90.5 Å². The Balaban J connectivity index is 2.64. The molecule has 1 rings (SSSR count). The highest BCUT2D eigenvalue weighted by Crippen LogP contribution is 2.11. The molecule has 0 saturated carbocycles. The van der Waals surface area contributed by atoms with Crippen LogP contribution in [0.1, 0.15) is 5.76 Å². The Morgan fingerprint density at radius 3 is 2.69 bits per heavy atom. The number of halogens is 1. The summed E-state index contributed by atoms with van der Waals surface area (Å²) >= 11 is 2.08. The van der Waals surface area contributed by atoms with Gasteiger partial charge in [0.15, 0.2) is 3.77 Å². The third kappa shape index (κ3) is 3.22. The lowest BCUT2D eigenvalue weighted by molar-refractivity contribution is -0.123. The van der Waals surface area contributed by atoms with Crippen molar-refractivity contribution in [1.29, 1.82) is 0 Å². The van der Waals surface area contributed by atoms with Crippen LogP contribution in [0, 0.1) is 3.77 Å². The average Bonchev–Trinajstić information content (AvgIpc) is 2.47. The number of hydrogen-bond acceptors (Lipinski definition) is 2. The largest absolute Gasteiger partial charge is 0.451 e. The molecule has 0 radical (unpaired) electrons. The Morgan fingerprint density at radius 1 is 1.54 bits per heavy atom. The fourth-order valence-electron chi connectivity index (χ4n) is 0.720. The van der Waals surface area contributed by atoms with E-state index in [2.05, 4.69) is 22.6 Å². The lowest BCUT2D eigenvalue weighted by Gasteiger charge is -2.04. The second-order valence-electron chi connectivity index (χ2n) is 2.71. The lowest BCUT2D eigenvalue weighted by atomic mass is 10.4. The number of carbonyl (C=O) groups excluding carboxylic acids is 1. The first kappa shape index (κ1) is 10.3. The van der Waals surface area contributed by atoms with Crippen LogP contribution < -0.4 is 0 Å². The van der Waals surface area contributed by atoms with Gasteiger partial charge in [-0.25, -0.2) is 0 Å². The zero-order chi connectivity index (χ0) is 9.84. The van der Waals surface area contributed by atoms with Gasteiger partial charge in [-0.1, -0.05) is 0 Å². The summed E-state index contributed by atoms with van der Waals surface area (Å²) in [6.07, 6.45) is 3.14. The van der Waals surface area contributed by atoms with Gasteiger partial charge in [-0.3, -0.25) is 4.79 Å². The van der Waals surface area contributed by atoms with E-state index < -0.39 is 0 Å². The molecule has 0 unspecified atom stereocenters. The highest BCUT2D eigenvalue weighted by Gasteiger charge is 1.98. The van der Waals surface area contributed by atoms with Gasteiger partial charge in [0, 0.05) is 20.2 Å². The van der Waals surface area contributed by atoms with Crippen LogP contribution in [0.5, 0.6) is 0 Å². The van der Waals surface area contributed by atoms with Crippen molar-refractivity contribution in [3.8, 4) is 0 Å². The number of likely N-dealkylation sites (N-methyl/N-ethyl adjacent to an activating group) is 1. The van der Waals surface area contributed by atoms with Crippen LogP contribution >= 0.6 is 22.6 Å². The van der Waals surface area contributed by atoms with Gasteiger partial charge in [-0.15, -0.1) is 0 Å². The van der Waals surface area contributed by atoms with Crippen molar-refractivity contribution < 1.29 is 9.21 Å². The summed E-state index contributed by atoms with van der Waals surface area (Å²) in [6, 6.07) is 3.67. The third-order valence-electron chi connectivity index (χ3n) is 1.42. The maximum Gasteiger partial charge on any atom is 0.246 e. The third-order valence-corrected chi connectivity index (χ3v) is 2.00. The van der Waals surface area contributed by atoms with E-state index in [0.717, 1.165) is 3.77 Å². The van der Waals surface area contributed by atoms with E-state index in [4.69, 9.17) is 4.42 Å². The number of rotatable bonds is 2. The van der Waals surface area contributed by atoms with Crippen LogP contribution in [-0.2, 0) is 4.79 Å². The fourth-order valence-corrected chi connectivity index (χ4v) is 1.15. The van der Waals surface area contributed by atoms with Gasteiger partial charge in [-0.05, 0) is 40.8 Å². The van der Waals surface area contributed by atoms with Crippen LogP contribution in [0.2, 0.25) is 0 Å². The molecule has 0 N–H and O–H groups in total. The SMILES string of the molecule is CN(C)C(=O)/C=C/c1ccc(I)o1. The molecule has 1 aromatic heterocycles. The second-order valence-corrected chi connectivity index (χ2v) is 3.77. The summed E-state index contributed by atoms with van der Waals surface area (Å²) in [7, 11) is 3.41. The molecule has 0 atom stereocenters. The fraction of sp³-hybridized carbons (Fsp3) is 0.222. The summed E-state index contributed by atoms with van der Waals surface area (Å²) in [4.78, 5) is 12.6.